The quantitative estimate of drug-likeness (QED) is 0.342. The van der Waals surface area contributed by atoms with E-state index in [0.717, 1.165) is 32.1 Å². The molecule has 144 valence electrons. The van der Waals surface area contributed by atoms with Crippen molar-refractivity contribution in [3.05, 3.63) is 0 Å². The molecular weight excluding hydrogens is 342 g/mol. The second kappa shape index (κ2) is 9.38. The van der Waals surface area contributed by atoms with Crippen LogP contribution in [0.1, 0.15) is 38.5 Å². The van der Waals surface area contributed by atoms with Crippen LogP contribution in [-0.2, 0) is 14.8 Å². The van der Waals surface area contributed by atoms with Gasteiger partial charge in [0.25, 0.3) is 0 Å². The van der Waals surface area contributed by atoms with Crippen LogP contribution in [0.25, 0.3) is 0 Å². The minimum absolute atomic E-state index is 0.182. The molecule has 25 heavy (non-hydrogen) atoms. The Morgan fingerprint density at radius 1 is 1.16 bits per heavy atom. The summed E-state index contributed by atoms with van der Waals surface area (Å²) in [5.41, 5.74) is 0. The number of amides is 1. The van der Waals surface area contributed by atoms with Crippen LogP contribution in [0.4, 0.5) is 0 Å². The fraction of sp³-hybridized carbons (Fsp3) is 0.875. The Bertz CT molecular complexity index is 572. The maximum atomic E-state index is 12.6. The predicted molar refractivity (Wildman–Crippen MR) is 98.9 cm³/mol. The van der Waals surface area contributed by atoms with Gasteiger partial charge in [-0.2, -0.15) is 0 Å². The third-order valence-corrected chi connectivity index (χ3v) is 5.53. The van der Waals surface area contributed by atoms with E-state index in [1.165, 1.54) is 19.3 Å². The molecule has 0 spiro atoms. The van der Waals surface area contributed by atoms with Crippen LogP contribution in [0.15, 0.2) is 4.99 Å². The van der Waals surface area contributed by atoms with Gasteiger partial charge in [-0.3, -0.25) is 9.79 Å². The van der Waals surface area contributed by atoms with Crippen LogP contribution in [0.5, 0.6) is 0 Å². The van der Waals surface area contributed by atoms with Crippen LogP contribution in [0.3, 0.4) is 0 Å². The SMILES string of the molecule is CN=C(NCCNS(C)(=O)=O)NC1CCN(C(=O)C2CCCCC2)C1. The van der Waals surface area contributed by atoms with Gasteiger partial charge in [-0.05, 0) is 19.3 Å². The molecule has 2 rings (SSSR count). The number of guanidine groups is 1. The molecule has 0 aromatic heterocycles. The first-order valence-corrected chi connectivity index (χ1v) is 11.0. The van der Waals surface area contributed by atoms with Gasteiger partial charge in [-0.1, -0.05) is 19.3 Å². The standard InChI is InChI=1S/C16H31N5O3S/c1-17-16(18-9-10-19-25(2,23)24)20-14-8-11-21(12-14)15(22)13-6-4-3-5-7-13/h13-14,19H,3-12H2,1-2H3,(H2,17,18,20). The summed E-state index contributed by atoms with van der Waals surface area (Å²) in [5, 5.41) is 6.40. The second-order valence-corrected chi connectivity index (χ2v) is 8.75. The van der Waals surface area contributed by atoms with E-state index in [-0.39, 0.29) is 12.0 Å². The van der Waals surface area contributed by atoms with Crippen LogP contribution >= 0.6 is 0 Å². The van der Waals surface area contributed by atoms with Gasteiger partial charge in [0.15, 0.2) is 5.96 Å². The average molecular weight is 374 g/mol. The van der Waals surface area contributed by atoms with Crippen molar-refractivity contribution in [1.82, 2.24) is 20.3 Å². The number of nitrogens with one attached hydrogen (secondary N) is 3. The lowest BCUT2D eigenvalue weighted by atomic mass is 9.88. The monoisotopic (exact) mass is 373 g/mol. The van der Waals surface area contributed by atoms with Crippen molar-refractivity contribution in [3.63, 3.8) is 0 Å². The number of likely N-dealkylation sites (tertiary alicyclic amines) is 1. The molecule has 1 unspecified atom stereocenters. The van der Waals surface area contributed by atoms with Crippen LogP contribution in [0.2, 0.25) is 0 Å². The highest BCUT2D eigenvalue weighted by Crippen LogP contribution is 2.26. The number of hydrogen-bond donors (Lipinski definition) is 3. The molecule has 2 aliphatic rings. The molecule has 1 amide bonds. The van der Waals surface area contributed by atoms with Gasteiger partial charge in [0.2, 0.25) is 15.9 Å². The Hall–Kier alpha value is -1.35. The normalized spacial score (nSPS) is 22.9. The Labute approximate surface area is 150 Å². The number of hydrogen-bond acceptors (Lipinski definition) is 4. The van der Waals surface area contributed by atoms with Crippen LogP contribution in [-0.4, -0.2) is 70.7 Å². The first kappa shape index (κ1) is 20.0. The summed E-state index contributed by atoms with van der Waals surface area (Å²) in [5.74, 6) is 1.16. The molecule has 1 aliphatic carbocycles. The fourth-order valence-corrected chi connectivity index (χ4v) is 3.96. The highest BCUT2D eigenvalue weighted by molar-refractivity contribution is 7.88. The Morgan fingerprint density at radius 3 is 2.52 bits per heavy atom. The van der Waals surface area contributed by atoms with E-state index in [4.69, 9.17) is 0 Å². The highest BCUT2D eigenvalue weighted by atomic mass is 32.2. The summed E-state index contributed by atoms with van der Waals surface area (Å²) in [6, 6.07) is 0.182. The Morgan fingerprint density at radius 2 is 1.88 bits per heavy atom. The van der Waals surface area contributed by atoms with E-state index in [2.05, 4.69) is 20.3 Å². The minimum atomic E-state index is -3.17. The molecule has 0 aromatic rings. The zero-order chi connectivity index (χ0) is 18.3. The third kappa shape index (κ3) is 6.81. The summed E-state index contributed by atoms with van der Waals surface area (Å²) in [4.78, 5) is 18.7. The lowest BCUT2D eigenvalue weighted by molar-refractivity contribution is -0.135. The molecule has 1 saturated heterocycles. The zero-order valence-electron chi connectivity index (χ0n) is 15.3. The lowest BCUT2D eigenvalue weighted by Gasteiger charge is -2.26. The number of sulfonamides is 1. The van der Waals surface area contributed by atoms with E-state index in [9.17, 15) is 13.2 Å². The van der Waals surface area contributed by atoms with Gasteiger partial charge in [-0.25, -0.2) is 13.1 Å². The van der Waals surface area contributed by atoms with Gasteiger partial charge in [0.1, 0.15) is 0 Å². The van der Waals surface area contributed by atoms with Crippen molar-refractivity contribution in [2.45, 2.75) is 44.6 Å². The van der Waals surface area contributed by atoms with E-state index < -0.39 is 10.0 Å². The summed E-state index contributed by atoms with van der Waals surface area (Å²) >= 11 is 0. The van der Waals surface area contributed by atoms with Crippen molar-refractivity contribution in [3.8, 4) is 0 Å². The first-order chi connectivity index (χ1) is 11.9. The van der Waals surface area contributed by atoms with Crippen molar-refractivity contribution >= 4 is 21.9 Å². The van der Waals surface area contributed by atoms with Crippen LogP contribution < -0.4 is 15.4 Å². The largest absolute Gasteiger partial charge is 0.355 e. The molecular formula is C16H31N5O3S. The number of aliphatic imine (C=N–C) groups is 1. The van der Waals surface area contributed by atoms with E-state index in [1.54, 1.807) is 7.05 Å². The topological polar surface area (TPSA) is 103 Å². The number of carbonyl (C=O) groups excluding carboxylic acids is 1. The molecule has 2 fully saturated rings. The number of nitrogens with zero attached hydrogens (tertiary/aromatic N) is 2. The van der Waals surface area contributed by atoms with Crippen molar-refractivity contribution < 1.29 is 13.2 Å². The van der Waals surface area contributed by atoms with Gasteiger partial charge in [0, 0.05) is 45.2 Å². The van der Waals surface area contributed by atoms with Gasteiger partial charge >= 0.3 is 0 Å². The molecule has 0 bridgehead atoms. The predicted octanol–water partition coefficient (Wildman–Crippen LogP) is -0.118. The van der Waals surface area contributed by atoms with Crippen molar-refractivity contribution in [2.24, 2.45) is 10.9 Å². The molecule has 3 N–H and O–H groups in total. The lowest BCUT2D eigenvalue weighted by Crippen LogP contribution is -2.47. The zero-order valence-corrected chi connectivity index (χ0v) is 16.1. The summed E-state index contributed by atoms with van der Waals surface area (Å²) < 4.78 is 24.5. The molecule has 1 aliphatic heterocycles. The maximum Gasteiger partial charge on any atom is 0.225 e. The number of carbonyl (C=O) groups is 1. The highest BCUT2D eigenvalue weighted by Gasteiger charge is 2.31. The number of rotatable bonds is 6. The molecule has 0 aromatic carbocycles. The van der Waals surface area contributed by atoms with Gasteiger partial charge < -0.3 is 15.5 Å². The third-order valence-electron chi connectivity index (χ3n) is 4.80. The van der Waals surface area contributed by atoms with Gasteiger partial charge in [0.05, 0.1) is 6.26 Å². The molecule has 9 heteroatoms. The summed E-state index contributed by atoms with van der Waals surface area (Å²) in [6.07, 6.45) is 7.70. The fourth-order valence-electron chi connectivity index (χ4n) is 3.49. The van der Waals surface area contributed by atoms with E-state index in [0.29, 0.717) is 31.5 Å². The van der Waals surface area contributed by atoms with E-state index in [1.807, 2.05) is 4.90 Å². The molecule has 8 nitrogen and oxygen atoms in total. The minimum Gasteiger partial charge on any atom is -0.355 e. The molecule has 0 radical (unpaired) electrons. The van der Waals surface area contributed by atoms with E-state index >= 15 is 0 Å². The summed E-state index contributed by atoms with van der Waals surface area (Å²) in [7, 11) is -1.49. The first-order valence-electron chi connectivity index (χ1n) is 9.09. The van der Waals surface area contributed by atoms with Crippen molar-refractivity contribution in [2.75, 3.05) is 39.5 Å². The summed E-state index contributed by atoms with van der Waals surface area (Å²) in [6.45, 7) is 2.25. The maximum absolute atomic E-state index is 12.6. The molecule has 1 heterocycles. The molecule has 1 atom stereocenters. The average Bonchev–Trinajstić information content (AvgIpc) is 3.05. The van der Waals surface area contributed by atoms with Crippen molar-refractivity contribution in [1.29, 1.82) is 0 Å². The van der Waals surface area contributed by atoms with Gasteiger partial charge in [-0.15, -0.1) is 0 Å². The van der Waals surface area contributed by atoms with Crippen LogP contribution in [0, 0.1) is 5.92 Å². The Balaban J connectivity index is 1.72. The second-order valence-electron chi connectivity index (χ2n) is 6.91. The smallest absolute Gasteiger partial charge is 0.225 e. The Kier molecular flexibility index (Phi) is 7.49. The molecule has 1 saturated carbocycles.